The van der Waals surface area contributed by atoms with Crippen LogP contribution in [0.25, 0.3) is 0 Å². The number of rotatable bonds is 8. The van der Waals surface area contributed by atoms with Gasteiger partial charge in [0, 0.05) is 31.7 Å². The summed E-state index contributed by atoms with van der Waals surface area (Å²) in [6.45, 7) is 5.96. The summed E-state index contributed by atoms with van der Waals surface area (Å²) >= 11 is 0. The van der Waals surface area contributed by atoms with Crippen molar-refractivity contribution >= 4 is 22.0 Å². The molecule has 9 heteroatoms. The van der Waals surface area contributed by atoms with Crippen molar-refractivity contribution in [1.82, 2.24) is 14.5 Å². The maximum absolute atomic E-state index is 13.2. The van der Waals surface area contributed by atoms with Crippen molar-refractivity contribution in [1.29, 1.82) is 0 Å². The van der Waals surface area contributed by atoms with Crippen molar-refractivity contribution < 1.29 is 23.1 Å². The van der Waals surface area contributed by atoms with Crippen molar-refractivity contribution in [2.45, 2.75) is 49.8 Å². The van der Waals surface area contributed by atoms with Gasteiger partial charge in [-0.1, -0.05) is 49.0 Å². The van der Waals surface area contributed by atoms with Crippen LogP contribution in [-0.4, -0.2) is 53.4 Å². The molecule has 2 unspecified atom stereocenters. The number of nitrogens with one attached hydrogen (secondary N) is 1. The number of sulfonamides is 1. The molecule has 1 aliphatic rings. The Hall–Kier alpha value is -3.17. The summed E-state index contributed by atoms with van der Waals surface area (Å²) in [6.07, 6.45) is 1.20. The zero-order chi connectivity index (χ0) is 24.0. The Bertz CT molecular complexity index is 1090. The van der Waals surface area contributed by atoms with E-state index in [-0.39, 0.29) is 36.0 Å². The smallest absolute Gasteiger partial charge is 0.407 e. The number of amides is 2. The molecule has 2 N–H and O–H groups in total. The zero-order valence-electron chi connectivity index (χ0n) is 18.6. The number of carbonyl (C=O) groups is 2. The van der Waals surface area contributed by atoms with Crippen LogP contribution in [0.15, 0.2) is 72.1 Å². The first-order chi connectivity index (χ1) is 15.7. The van der Waals surface area contributed by atoms with E-state index in [2.05, 4.69) is 11.9 Å². The van der Waals surface area contributed by atoms with Crippen LogP contribution in [0.2, 0.25) is 0 Å². The highest BCUT2D eigenvalue weighted by Crippen LogP contribution is 2.26. The Balaban J connectivity index is 1.67. The van der Waals surface area contributed by atoms with Crippen LogP contribution in [0.1, 0.15) is 30.9 Å². The molecule has 0 aromatic heterocycles. The fraction of sp³-hybridized carbons (Fsp3) is 0.333. The molecule has 0 bridgehead atoms. The van der Waals surface area contributed by atoms with Gasteiger partial charge in [0.05, 0.1) is 4.90 Å². The van der Waals surface area contributed by atoms with E-state index in [9.17, 15) is 23.1 Å². The van der Waals surface area contributed by atoms with Crippen molar-refractivity contribution in [3.8, 4) is 0 Å². The average Bonchev–Trinajstić information content (AvgIpc) is 2.79. The standard InChI is InChI=1S/C24H29N3O5S/c1-3-23(28)25-21-13-14-27(18(2)15-21)33(31,32)22-11-9-20(10-12-22)17-26(24(29)30)16-19-7-5-4-6-8-19/h3-12,18,21H,1,13-17H2,2H3,(H,25,28)(H,29,30). The molecule has 2 amide bonds. The minimum absolute atomic E-state index is 0.0917. The summed E-state index contributed by atoms with van der Waals surface area (Å²) in [5.41, 5.74) is 1.58. The Kier molecular flexibility index (Phi) is 7.88. The van der Waals surface area contributed by atoms with Gasteiger partial charge in [-0.25, -0.2) is 13.2 Å². The molecule has 176 valence electrons. The Morgan fingerprint density at radius 1 is 1.12 bits per heavy atom. The minimum Gasteiger partial charge on any atom is -0.465 e. The van der Waals surface area contributed by atoms with E-state index in [1.54, 1.807) is 12.1 Å². The first-order valence-electron chi connectivity index (χ1n) is 10.8. The van der Waals surface area contributed by atoms with Crippen molar-refractivity contribution in [2.24, 2.45) is 0 Å². The Morgan fingerprint density at radius 2 is 1.73 bits per heavy atom. The normalized spacial score (nSPS) is 18.9. The van der Waals surface area contributed by atoms with E-state index < -0.39 is 16.1 Å². The molecule has 2 atom stereocenters. The van der Waals surface area contributed by atoms with E-state index in [1.807, 2.05) is 37.3 Å². The lowest BCUT2D eigenvalue weighted by Gasteiger charge is -2.36. The van der Waals surface area contributed by atoms with Gasteiger partial charge in [-0.05, 0) is 49.1 Å². The van der Waals surface area contributed by atoms with Crippen molar-refractivity contribution in [2.75, 3.05) is 6.54 Å². The molecule has 1 fully saturated rings. The van der Waals surface area contributed by atoms with Gasteiger partial charge in [0.2, 0.25) is 15.9 Å². The summed E-state index contributed by atoms with van der Waals surface area (Å²) < 4.78 is 27.8. The van der Waals surface area contributed by atoms with Gasteiger partial charge < -0.3 is 10.4 Å². The minimum atomic E-state index is -3.71. The predicted octanol–water partition coefficient (Wildman–Crippen LogP) is 3.21. The summed E-state index contributed by atoms with van der Waals surface area (Å²) in [6, 6.07) is 15.3. The second-order valence-corrected chi connectivity index (χ2v) is 10.1. The van der Waals surface area contributed by atoms with Gasteiger partial charge in [-0.3, -0.25) is 9.69 Å². The van der Waals surface area contributed by atoms with E-state index in [0.717, 1.165) is 5.56 Å². The molecule has 0 radical (unpaired) electrons. The van der Waals surface area contributed by atoms with E-state index >= 15 is 0 Å². The fourth-order valence-electron chi connectivity index (χ4n) is 4.02. The molecule has 1 aliphatic heterocycles. The average molecular weight is 472 g/mol. The van der Waals surface area contributed by atoms with Crippen LogP contribution in [0.4, 0.5) is 4.79 Å². The number of piperidine rings is 1. The van der Waals surface area contributed by atoms with Crippen LogP contribution in [-0.2, 0) is 27.9 Å². The Morgan fingerprint density at radius 3 is 2.27 bits per heavy atom. The lowest BCUT2D eigenvalue weighted by Crippen LogP contribution is -2.50. The summed E-state index contributed by atoms with van der Waals surface area (Å²) in [7, 11) is -3.71. The van der Waals surface area contributed by atoms with Gasteiger partial charge in [-0.15, -0.1) is 0 Å². The predicted molar refractivity (Wildman–Crippen MR) is 125 cm³/mol. The highest BCUT2D eigenvalue weighted by atomic mass is 32.2. The highest BCUT2D eigenvalue weighted by molar-refractivity contribution is 7.89. The molecular weight excluding hydrogens is 442 g/mol. The quantitative estimate of drug-likeness (QED) is 0.575. The highest BCUT2D eigenvalue weighted by Gasteiger charge is 2.34. The number of hydrogen-bond acceptors (Lipinski definition) is 4. The van der Waals surface area contributed by atoms with E-state index in [1.165, 1.54) is 27.4 Å². The van der Waals surface area contributed by atoms with Gasteiger partial charge in [-0.2, -0.15) is 4.31 Å². The van der Waals surface area contributed by atoms with E-state index in [0.29, 0.717) is 24.9 Å². The lowest BCUT2D eigenvalue weighted by molar-refractivity contribution is -0.117. The molecule has 0 spiro atoms. The first kappa shape index (κ1) is 24.5. The lowest BCUT2D eigenvalue weighted by atomic mass is 10.0. The molecule has 3 rings (SSSR count). The van der Waals surface area contributed by atoms with Crippen molar-refractivity contribution in [3.05, 3.63) is 78.4 Å². The van der Waals surface area contributed by atoms with Gasteiger partial charge >= 0.3 is 6.09 Å². The molecule has 33 heavy (non-hydrogen) atoms. The molecule has 1 heterocycles. The summed E-state index contributed by atoms with van der Waals surface area (Å²) in [5, 5.41) is 12.4. The summed E-state index contributed by atoms with van der Waals surface area (Å²) in [5.74, 6) is -0.262. The Labute approximate surface area is 194 Å². The van der Waals surface area contributed by atoms with Gasteiger partial charge in [0.15, 0.2) is 0 Å². The second kappa shape index (κ2) is 10.6. The van der Waals surface area contributed by atoms with Crippen molar-refractivity contribution in [3.63, 3.8) is 0 Å². The number of hydrogen-bond donors (Lipinski definition) is 2. The monoisotopic (exact) mass is 471 g/mol. The van der Waals surface area contributed by atoms with Crippen LogP contribution < -0.4 is 5.32 Å². The third kappa shape index (κ3) is 6.21. The molecule has 2 aromatic carbocycles. The number of nitrogens with zero attached hydrogens (tertiary/aromatic N) is 2. The number of carboxylic acid groups (broad SMARTS) is 1. The van der Waals surface area contributed by atoms with Crippen LogP contribution >= 0.6 is 0 Å². The molecular formula is C24H29N3O5S. The van der Waals surface area contributed by atoms with Crippen LogP contribution in [0, 0.1) is 0 Å². The molecule has 2 aromatic rings. The van der Waals surface area contributed by atoms with E-state index in [4.69, 9.17) is 0 Å². The summed E-state index contributed by atoms with van der Waals surface area (Å²) in [4.78, 5) is 24.7. The second-order valence-electron chi connectivity index (χ2n) is 8.17. The molecule has 1 saturated heterocycles. The van der Waals surface area contributed by atoms with Gasteiger partial charge in [0.25, 0.3) is 0 Å². The molecule has 8 nitrogen and oxygen atoms in total. The number of benzene rings is 2. The molecule has 0 saturated carbocycles. The van der Waals surface area contributed by atoms with Gasteiger partial charge in [0.1, 0.15) is 0 Å². The maximum atomic E-state index is 13.2. The maximum Gasteiger partial charge on any atom is 0.407 e. The topological polar surface area (TPSA) is 107 Å². The third-order valence-electron chi connectivity index (χ3n) is 5.74. The third-order valence-corrected chi connectivity index (χ3v) is 7.76. The first-order valence-corrected chi connectivity index (χ1v) is 12.2. The number of carbonyl (C=O) groups excluding carboxylic acids is 1. The zero-order valence-corrected chi connectivity index (χ0v) is 19.4. The van der Waals surface area contributed by atoms with Crippen LogP contribution in [0.5, 0.6) is 0 Å². The molecule has 0 aliphatic carbocycles. The SMILES string of the molecule is C=CC(=O)NC1CCN(S(=O)(=O)c2ccc(CN(Cc3ccccc3)C(=O)O)cc2)C(C)C1. The van der Waals surface area contributed by atoms with Crippen LogP contribution in [0.3, 0.4) is 0 Å². The largest absolute Gasteiger partial charge is 0.465 e. The fourth-order valence-corrected chi connectivity index (χ4v) is 5.67.